The molecule has 3 heterocycles. The van der Waals surface area contributed by atoms with Crippen LogP contribution in [0, 0.1) is 0 Å². The minimum Gasteiger partial charge on any atom is -0.497 e. The number of carbonyl (C=O) groups excluding carboxylic acids is 3. The van der Waals surface area contributed by atoms with Gasteiger partial charge in [-0.05, 0) is 94.4 Å². The average Bonchev–Trinajstić information content (AvgIpc) is 3.21. The fourth-order valence-electron chi connectivity index (χ4n) is 5.80. The van der Waals surface area contributed by atoms with Gasteiger partial charge in [-0.3, -0.25) is 28.4 Å². The van der Waals surface area contributed by atoms with Crippen LogP contribution in [0.2, 0.25) is 0 Å². The summed E-state index contributed by atoms with van der Waals surface area (Å²) in [4.78, 5) is 54.8. The van der Waals surface area contributed by atoms with Gasteiger partial charge in [0.2, 0.25) is 5.91 Å². The Morgan fingerprint density at radius 1 is 0.976 bits per heavy atom. The summed E-state index contributed by atoms with van der Waals surface area (Å²) in [6.07, 6.45) is 2.29. The number of esters is 1. The molecule has 2 aliphatic heterocycles. The van der Waals surface area contributed by atoms with Crippen molar-refractivity contribution in [2.45, 2.75) is 77.1 Å². The van der Waals surface area contributed by atoms with Gasteiger partial charge in [0.05, 0.1) is 24.7 Å². The molecule has 0 radical (unpaired) electrons. The Kier molecular flexibility index (Phi) is 8.04. The first kappa shape index (κ1) is 28.6. The minimum absolute atomic E-state index is 0.101. The molecule has 2 fully saturated rings. The van der Waals surface area contributed by atoms with Crippen LogP contribution in [0.3, 0.4) is 0 Å². The number of nitrogens with zero attached hydrogens (tertiary/aromatic N) is 3. The standard InChI is InChI=1S/C31H38N4O6/c1-31(2,3)41-28(37)19-33-26-17-22(21-13-15-32-16-14-21)7-10-24(26)35(30(33)39)25-11-12-27(36)34(29(25)38)18-20-5-8-23(40-4)9-6-20/h5-10,17,21,25,32H,11-16,18-19H2,1-4H3. The third-order valence-electron chi connectivity index (χ3n) is 7.80. The summed E-state index contributed by atoms with van der Waals surface area (Å²) in [6.45, 7) is 7.00. The van der Waals surface area contributed by atoms with Crippen LogP contribution in [-0.2, 0) is 32.2 Å². The third kappa shape index (κ3) is 6.07. The molecule has 10 heteroatoms. The van der Waals surface area contributed by atoms with Crippen LogP contribution in [0.4, 0.5) is 0 Å². The maximum atomic E-state index is 14.0. The third-order valence-corrected chi connectivity index (χ3v) is 7.80. The zero-order valence-electron chi connectivity index (χ0n) is 24.1. The summed E-state index contributed by atoms with van der Waals surface area (Å²) in [5, 5.41) is 3.38. The molecule has 2 amide bonds. The minimum atomic E-state index is -0.870. The number of hydrogen-bond donors (Lipinski definition) is 1. The van der Waals surface area contributed by atoms with E-state index in [1.807, 2.05) is 30.3 Å². The van der Waals surface area contributed by atoms with Crippen molar-refractivity contribution in [1.29, 1.82) is 0 Å². The van der Waals surface area contributed by atoms with E-state index in [9.17, 15) is 19.2 Å². The van der Waals surface area contributed by atoms with Crippen molar-refractivity contribution in [3.63, 3.8) is 0 Å². The Morgan fingerprint density at radius 2 is 1.68 bits per heavy atom. The van der Waals surface area contributed by atoms with Gasteiger partial charge in [-0.15, -0.1) is 0 Å². The van der Waals surface area contributed by atoms with Gasteiger partial charge < -0.3 is 14.8 Å². The molecular weight excluding hydrogens is 524 g/mol. The molecule has 0 bridgehead atoms. The molecule has 10 nitrogen and oxygen atoms in total. The Balaban J connectivity index is 1.53. The van der Waals surface area contributed by atoms with E-state index < -0.39 is 29.2 Å². The van der Waals surface area contributed by atoms with E-state index in [1.54, 1.807) is 40.0 Å². The number of hydrogen-bond acceptors (Lipinski definition) is 7. The van der Waals surface area contributed by atoms with E-state index in [2.05, 4.69) is 5.32 Å². The van der Waals surface area contributed by atoms with Crippen molar-refractivity contribution >= 4 is 28.8 Å². The van der Waals surface area contributed by atoms with Gasteiger partial charge in [-0.2, -0.15) is 0 Å². The van der Waals surface area contributed by atoms with Crippen molar-refractivity contribution in [3.8, 4) is 5.75 Å². The Morgan fingerprint density at radius 3 is 2.34 bits per heavy atom. The highest BCUT2D eigenvalue weighted by Gasteiger charge is 2.38. The molecule has 5 rings (SSSR count). The predicted octanol–water partition coefficient (Wildman–Crippen LogP) is 3.51. The normalized spacial score (nSPS) is 18.6. The van der Waals surface area contributed by atoms with E-state index in [-0.39, 0.29) is 31.8 Å². The van der Waals surface area contributed by atoms with Gasteiger partial charge in [0.1, 0.15) is 23.9 Å². The topological polar surface area (TPSA) is 112 Å². The molecule has 0 aliphatic carbocycles. The highest BCUT2D eigenvalue weighted by Crippen LogP contribution is 2.32. The quantitative estimate of drug-likeness (QED) is 0.347. The van der Waals surface area contributed by atoms with Crippen molar-refractivity contribution in [1.82, 2.24) is 19.4 Å². The number of ether oxygens (including phenoxy) is 2. The molecule has 2 aliphatic rings. The molecule has 0 spiro atoms. The fourth-order valence-corrected chi connectivity index (χ4v) is 5.80. The van der Waals surface area contributed by atoms with E-state index in [0.717, 1.165) is 37.1 Å². The lowest BCUT2D eigenvalue weighted by Gasteiger charge is -2.31. The maximum Gasteiger partial charge on any atom is 0.330 e. The van der Waals surface area contributed by atoms with Gasteiger partial charge in [0, 0.05) is 6.42 Å². The lowest BCUT2D eigenvalue weighted by atomic mass is 9.90. The monoisotopic (exact) mass is 562 g/mol. The second kappa shape index (κ2) is 11.5. The number of methoxy groups -OCH3 is 1. The van der Waals surface area contributed by atoms with Crippen molar-refractivity contribution < 1.29 is 23.9 Å². The number of imide groups is 1. The molecule has 1 N–H and O–H groups in total. The summed E-state index contributed by atoms with van der Waals surface area (Å²) < 4.78 is 13.6. The molecular formula is C31H38N4O6. The van der Waals surface area contributed by atoms with Crippen LogP contribution in [0.5, 0.6) is 5.75 Å². The first-order valence-corrected chi connectivity index (χ1v) is 14.2. The van der Waals surface area contributed by atoms with Crippen molar-refractivity contribution in [2.75, 3.05) is 20.2 Å². The van der Waals surface area contributed by atoms with Crippen LogP contribution < -0.4 is 15.7 Å². The number of amides is 2. The largest absolute Gasteiger partial charge is 0.497 e. The fraction of sp³-hybridized carbons (Fsp3) is 0.484. The number of piperidine rings is 2. The van der Waals surface area contributed by atoms with Crippen LogP contribution >= 0.6 is 0 Å². The predicted molar refractivity (Wildman–Crippen MR) is 154 cm³/mol. The number of likely N-dealkylation sites (tertiary alicyclic amines) is 1. The lowest BCUT2D eigenvalue weighted by molar-refractivity contribution is -0.155. The molecule has 1 aromatic heterocycles. The summed E-state index contributed by atoms with van der Waals surface area (Å²) >= 11 is 0. The molecule has 1 unspecified atom stereocenters. The molecule has 1 atom stereocenters. The molecule has 0 saturated carbocycles. The average molecular weight is 563 g/mol. The van der Waals surface area contributed by atoms with E-state index in [4.69, 9.17) is 9.47 Å². The Hall–Kier alpha value is -3.92. The lowest BCUT2D eigenvalue weighted by Crippen LogP contribution is -2.47. The van der Waals surface area contributed by atoms with Crippen LogP contribution in [0.25, 0.3) is 11.0 Å². The molecule has 2 aromatic carbocycles. The van der Waals surface area contributed by atoms with Crippen LogP contribution in [0.1, 0.15) is 69.5 Å². The summed E-state index contributed by atoms with van der Waals surface area (Å²) in [6, 6.07) is 12.2. The number of aromatic nitrogens is 2. The van der Waals surface area contributed by atoms with E-state index in [1.165, 1.54) is 14.0 Å². The number of carbonyl (C=O) groups is 3. The molecule has 41 heavy (non-hydrogen) atoms. The number of benzene rings is 2. The SMILES string of the molecule is COc1ccc(CN2C(=O)CCC(n3c(=O)n(CC(=O)OC(C)(C)C)c4cc(C5CCNCC5)ccc43)C2=O)cc1. The van der Waals surface area contributed by atoms with Crippen molar-refractivity contribution in [2.24, 2.45) is 0 Å². The Labute approximate surface area is 239 Å². The second-order valence-electron chi connectivity index (χ2n) is 11.8. The van der Waals surface area contributed by atoms with Crippen molar-refractivity contribution in [3.05, 3.63) is 64.1 Å². The molecule has 3 aromatic rings. The van der Waals surface area contributed by atoms with Gasteiger partial charge in [-0.1, -0.05) is 18.2 Å². The van der Waals surface area contributed by atoms with Gasteiger partial charge in [0.25, 0.3) is 5.91 Å². The van der Waals surface area contributed by atoms with Crippen LogP contribution in [-0.4, -0.2) is 57.6 Å². The highest BCUT2D eigenvalue weighted by atomic mass is 16.6. The van der Waals surface area contributed by atoms with E-state index in [0.29, 0.717) is 22.7 Å². The number of rotatable bonds is 7. The maximum absolute atomic E-state index is 14.0. The second-order valence-corrected chi connectivity index (χ2v) is 11.8. The first-order valence-electron chi connectivity index (χ1n) is 14.2. The summed E-state index contributed by atoms with van der Waals surface area (Å²) in [5.74, 6) is -0.227. The first-order chi connectivity index (χ1) is 19.6. The van der Waals surface area contributed by atoms with E-state index >= 15 is 0 Å². The highest BCUT2D eigenvalue weighted by molar-refractivity contribution is 6.00. The van der Waals surface area contributed by atoms with Gasteiger partial charge >= 0.3 is 11.7 Å². The number of fused-ring (bicyclic) bond motifs is 1. The number of imidazole rings is 1. The Bertz CT molecular complexity index is 1510. The summed E-state index contributed by atoms with van der Waals surface area (Å²) in [5.41, 5.74) is 1.85. The van der Waals surface area contributed by atoms with Gasteiger partial charge in [0.15, 0.2) is 0 Å². The zero-order valence-corrected chi connectivity index (χ0v) is 24.1. The summed E-state index contributed by atoms with van der Waals surface area (Å²) in [7, 11) is 1.57. The molecule has 218 valence electrons. The zero-order chi connectivity index (χ0) is 29.3. The van der Waals surface area contributed by atoms with Gasteiger partial charge in [-0.25, -0.2) is 4.79 Å². The number of nitrogens with one attached hydrogen (secondary N) is 1. The van der Waals surface area contributed by atoms with Crippen LogP contribution in [0.15, 0.2) is 47.3 Å². The molecule has 2 saturated heterocycles. The smallest absolute Gasteiger partial charge is 0.330 e.